The summed E-state index contributed by atoms with van der Waals surface area (Å²) in [7, 11) is 3.29. The number of aromatic amines is 1. The number of benzene rings is 1. The van der Waals surface area contributed by atoms with Crippen LogP contribution in [0.25, 0.3) is 0 Å². The van der Waals surface area contributed by atoms with Crippen LogP contribution in [0, 0.1) is 13.8 Å². The van der Waals surface area contributed by atoms with Gasteiger partial charge in [-0.2, -0.15) is 5.10 Å². The molecular formula is C20H24N4O2S. The fourth-order valence-corrected chi connectivity index (χ4v) is 4.05. The van der Waals surface area contributed by atoms with E-state index in [1.807, 2.05) is 39.1 Å². The highest BCUT2D eigenvalue weighted by Crippen LogP contribution is 2.29. The second-order valence-electron chi connectivity index (χ2n) is 6.47. The first-order chi connectivity index (χ1) is 12.9. The van der Waals surface area contributed by atoms with Gasteiger partial charge in [0.2, 0.25) is 0 Å². The van der Waals surface area contributed by atoms with E-state index in [9.17, 15) is 4.79 Å². The Labute approximate surface area is 163 Å². The molecule has 2 aromatic rings. The zero-order chi connectivity index (χ0) is 19.6. The number of aryl methyl sites for hydroxylation is 1. The molecule has 1 aliphatic rings. The first kappa shape index (κ1) is 19.2. The number of carbonyl (C=O) groups excluding carboxylic acids is 1. The van der Waals surface area contributed by atoms with Crippen LogP contribution in [0.4, 0.5) is 0 Å². The number of hydrogen-bond acceptors (Lipinski definition) is 5. The SMILES string of the molecule is COC(=O)c1c(C)[nH]c(C2=NN(C)C(=NCc3ccccc3)S[C@@H]2C)c1C. The maximum absolute atomic E-state index is 12.1. The minimum atomic E-state index is -0.331. The third-order valence-electron chi connectivity index (χ3n) is 4.52. The van der Waals surface area contributed by atoms with Crippen molar-refractivity contribution in [3.8, 4) is 0 Å². The van der Waals surface area contributed by atoms with Gasteiger partial charge in [0.25, 0.3) is 0 Å². The molecule has 7 heteroatoms. The third kappa shape index (κ3) is 3.93. The van der Waals surface area contributed by atoms with E-state index in [0.717, 1.165) is 27.8 Å². The Morgan fingerprint density at radius 1 is 1.33 bits per heavy atom. The van der Waals surface area contributed by atoms with Crippen molar-refractivity contribution >= 4 is 28.6 Å². The average molecular weight is 385 g/mol. The molecule has 0 saturated carbocycles. The number of aromatic nitrogens is 1. The summed E-state index contributed by atoms with van der Waals surface area (Å²) in [4.78, 5) is 20.1. The number of esters is 1. The van der Waals surface area contributed by atoms with Gasteiger partial charge in [-0.1, -0.05) is 42.1 Å². The van der Waals surface area contributed by atoms with Crippen molar-refractivity contribution in [1.82, 2.24) is 9.99 Å². The highest BCUT2D eigenvalue weighted by molar-refractivity contribution is 8.15. The maximum Gasteiger partial charge on any atom is 0.339 e. The van der Waals surface area contributed by atoms with Crippen LogP contribution in [0.1, 0.15) is 39.8 Å². The number of H-pyrrole nitrogens is 1. The van der Waals surface area contributed by atoms with Crippen molar-refractivity contribution in [2.75, 3.05) is 14.2 Å². The van der Waals surface area contributed by atoms with E-state index in [2.05, 4.69) is 24.0 Å². The minimum absolute atomic E-state index is 0.109. The van der Waals surface area contributed by atoms with Gasteiger partial charge in [0.15, 0.2) is 5.17 Å². The number of hydrazone groups is 1. The average Bonchev–Trinajstić information content (AvgIpc) is 2.96. The number of thioether (sulfide) groups is 1. The van der Waals surface area contributed by atoms with E-state index >= 15 is 0 Å². The first-order valence-electron chi connectivity index (χ1n) is 8.77. The molecule has 3 rings (SSSR count). The molecule has 6 nitrogen and oxygen atoms in total. The molecule has 27 heavy (non-hydrogen) atoms. The van der Waals surface area contributed by atoms with E-state index < -0.39 is 0 Å². The van der Waals surface area contributed by atoms with Crippen LogP contribution in [-0.4, -0.2) is 46.2 Å². The summed E-state index contributed by atoms with van der Waals surface area (Å²) in [5.41, 5.74) is 5.18. The first-order valence-corrected chi connectivity index (χ1v) is 9.65. The van der Waals surface area contributed by atoms with Crippen LogP contribution in [0.15, 0.2) is 40.4 Å². The summed E-state index contributed by atoms with van der Waals surface area (Å²) >= 11 is 1.66. The minimum Gasteiger partial charge on any atom is -0.465 e. The summed E-state index contributed by atoms with van der Waals surface area (Å²) in [6.45, 7) is 6.52. The predicted molar refractivity (Wildman–Crippen MR) is 111 cm³/mol. The molecule has 0 fully saturated rings. The number of nitrogens with one attached hydrogen (secondary N) is 1. The number of rotatable bonds is 4. The Morgan fingerprint density at radius 2 is 2.04 bits per heavy atom. The van der Waals surface area contributed by atoms with Crippen molar-refractivity contribution in [3.63, 3.8) is 0 Å². The number of ether oxygens (including phenoxy) is 1. The van der Waals surface area contributed by atoms with Gasteiger partial charge in [-0.15, -0.1) is 0 Å². The Bertz CT molecular complexity index is 902. The largest absolute Gasteiger partial charge is 0.465 e. The van der Waals surface area contributed by atoms with Gasteiger partial charge in [0.1, 0.15) is 0 Å². The zero-order valence-electron chi connectivity index (χ0n) is 16.2. The molecule has 2 heterocycles. The van der Waals surface area contributed by atoms with Gasteiger partial charge in [-0.25, -0.2) is 9.80 Å². The number of methoxy groups -OCH3 is 1. The van der Waals surface area contributed by atoms with Crippen LogP contribution in [0.2, 0.25) is 0 Å². The van der Waals surface area contributed by atoms with Gasteiger partial charge in [0.05, 0.1) is 35.9 Å². The Morgan fingerprint density at radius 3 is 2.70 bits per heavy atom. The Kier molecular flexibility index (Phi) is 5.70. The summed E-state index contributed by atoms with van der Waals surface area (Å²) in [5.74, 6) is -0.331. The van der Waals surface area contributed by atoms with Gasteiger partial charge >= 0.3 is 5.97 Å². The molecule has 0 amide bonds. The van der Waals surface area contributed by atoms with Gasteiger partial charge < -0.3 is 9.72 Å². The second-order valence-corrected chi connectivity index (χ2v) is 7.78. The van der Waals surface area contributed by atoms with Crippen molar-refractivity contribution in [2.45, 2.75) is 32.6 Å². The van der Waals surface area contributed by atoms with E-state index in [1.54, 1.807) is 16.8 Å². The number of hydrogen-bond donors (Lipinski definition) is 1. The molecule has 1 aliphatic heterocycles. The molecular weight excluding hydrogens is 360 g/mol. The fraction of sp³-hybridized carbons (Fsp3) is 0.350. The van der Waals surface area contributed by atoms with Crippen molar-refractivity contribution in [1.29, 1.82) is 0 Å². The van der Waals surface area contributed by atoms with Crippen LogP contribution >= 0.6 is 11.8 Å². The molecule has 1 aromatic carbocycles. The van der Waals surface area contributed by atoms with E-state index in [4.69, 9.17) is 14.8 Å². The Hall–Kier alpha value is -2.54. The predicted octanol–water partition coefficient (Wildman–Crippen LogP) is 3.75. The normalized spacial score (nSPS) is 18.6. The molecule has 0 spiro atoms. The lowest BCUT2D eigenvalue weighted by Crippen LogP contribution is -2.33. The third-order valence-corrected chi connectivity index (χ3v) is 5.71. The molecule has 0 unspecified atom stereocenters. The number of carbonyl (C=O) groups is 1. The summed E-state index contributed by atoms with van der Waals surface area (Å²) in [6, 6.07) is 10.2. The van der Waals surface area contributed by atoms with E-state index in [-0.39, 0.29) is 11.2 Å². The molecule has 0 aliphatic carbocycles. The van der Waals surface area contributed by atoms with E-state index in [1.165, 1.54) is 12.7 Å². The van der Waals surface area contributed by atoms with Crippen LogP contribution in [0.3, 0.4) is 0 Å². The van der Waals surface area contributed by atoms with Crippen LogP contribution in [-0.2, 0) is 11.3 Å². The van der Waals surface area contributed by atoms with Crippen molar-refractivity contribution < 1.29 is 9.53 Å². The van der Waals surface area contributed by atoms with Crippen LogP contribution in [0.5, 0.6) is 0 Å². The lowest BCUT2D eigenvalue weighted by molar-refractivity contribution is 0.0599. The highest BCUT2D eigenvalue weighted by atomic mass is 32.2. The molecule has 142 valence electrons. The molecule has 0 radical (unpaired) electrons. The topological polar surface area (TPSA) is 70.1 Å². The number of aliphatic imine (C=N–C) groups is 1. The van der Waals surface area contributed by atoms with Gasteiger partial charge in [-0.3, -0.25) is 4.99 Å². The molecule has 1 aromatic heterocycles. The van der Waals surface area contributed by atoms with Crippen molar-refractivity contribution in [3.05, 3.63) is 58.4 Å². The quantitative estimate of drug-likeness (QED) is 0.815. The monoisotopic (exact) mass is 384 g/mol. The van der Waals surface area contributed by atoms with Gasteiger partial charge in [-0.05, 0) is 31.9 Å². The standard InChI is InChI=1S/C20H24N4O2S/c1-12-16(19(25)26-5)13(2)22-17(12)18-14(3)27-20(24(4)23-18)21-11-15-9-7-6-8-10-15/h6-10,14,22H,11H2,1-5H3/t14-/m1/s1. The fourth-order valence-electron chi connectivity index (χ4n) is 3.13. The maximum atomic E-state index is 12.1. The molecule has 1 atom stereocenters. The lowest BCUT2D eigenvalue weighted by atomic mass is 10.1. The van der Waals surface area contributed by atoms with Crippen molar-refractivity contribution in [2.24, 2.45) is 10.1 Å². The smallest absolute Gasteiger partial charge is 0.339 e. The number of nitrogens with zero attached hydrogens (tertiary/aromatic N) is 3. The lowest BCUT2D eigenvalue weighted by Gasteiger charge is -2.27. The second kappa shape index (κ2) is 8.00. The summed E-state index contributed by atoms with van der Waals surface area (Å²) < 4.78 is 4.90. The van der Waals surface area contributed by atoms with Gasteiger partial charge in [0, 0.05) is 12.7 Å². The molecule has 0 bridgehead atoms. The highest BCUT2D eigenvalue weighted by Gasteiger charge is 2.29. The van der Waals surface area contributed by atoms with Crippen LogP contribution < -0.4 is 0 Å². The Balaban J connectivity index is 1.88. The summed E-state index contributed by atoms with van der Waals surface area (Å²) in [6.07, 6.45) is 0. The zero-order valence-corrected chi connectivity index (χ0v) is 17.1. The molecule has 1 N–H and O–H groups in total. The number of amidine groups is 1. The summed E-state index contributed by atoms with van der Waals surface area (Å²) in [5, 5.41) is 7.53. The van der Waals surface area contributed by atoms with E-state index in [0.29, 0.717) is 12.1 Å². The molecule has 0 saturated heterocycles.